The molecule has 9 aromatic rings. The number of halogens is 1. The Hall–Kier alpha value is -6.13. The lowest BCUT2D eigenvalue weighted by atomic mass is 10.1. The van der Waals surface area contributed by atoms with Gasteiger partial charge < -0.3 is 14.0 Å². The summed E-state index contributed by atoms with van der Waals surface area (Å²) in [5.74, 6) is -0.263. The van der Waals surface area contributed by atoms with Crippen LogP contribution in [0.4, 0.5) is 21.5 Å². The van der Waals surface area contributed by atoms with Crippen LogP contribution in [0.15, 0.2) is 170 Å². The summed E-state index contributed by atoms with van der Waals surface area (Å²) in [7, 11) is 0. The molecule has 0 amide bonds. The van der Waals surface area contributed by atoms with Crippen LogP contribution in [0.1, 0.15) is 0 Å². The Morgan fingerprint density at radius 1 is 0.391 bits per heavy atom. The van der Waals surface area contributed by atoms with Crippen LogP contribution in [0.25, 0.3) is 55.0 Å². The maximum absolute atomic E-state index is 14.7. The van der Waals surface area contributed by atoms with Gasteiger partial charge in [0.05, 0.1) is 27.8 Å². The molecule has 4 heteroatoms. The molecule has 0 spiro atoms. The van der Waals surface area contributed by atoms with Crippen LogP contribution in [0.2, 0.25) is 0 Å². The number of anilines is 3. The van der Waals surface area contributed by atoms with Crippen molar-refractivity contribution < 1.29 is 4.39 Å². The molecule has 3 nitrogen and oxygen atoms in total. The summed E-state index contributed by atoms with van der Waals surface area (Å²) in [5.41, 5.74) is 9.37. The molecule has 7 aromatic carbocycles. The van der Waals surface area contributed by atoms with E-state index < -0.39 is 0 Å². The number of aromatic nitrogens is 2. The van der Waals surface area contributed by atoms with Crippen molar-refractivity contribution in [3.8, 4) is 11.4 Å². The highest BCUT2D eigenvalue weighted by atomic mass is 19.1. The molecule has 218 valence electrons. The zero-order chi connectivity index (χ0) is 30.6. The normalized spacial score (nSPS) is 11.6. The summed E-state index contributed by atoms with van der Waals surface area (Å²) in [5, 5.41) is 4.61. The third kappa shape index (κ3) is 4.04. The van der Waals surface area contributed by atoms with E-state index in [4.69, 9.17) is 0 Å². The van der Waals surface area contributed by atoms with E-state index in [2.05, 4.69) is 147 Å². The molecule has 0 radical (unpaired) electrons. The monoisotopic (exact) mass is 593 g/mol. The molecule has 0 aliphatic rings. The maximum atomic E-state index is 14.7. The number of hydrogen-bond donors (Lipinski definition) is 0. The number of fused-ring (bicyclic) bond motifs is 6. The van der Waals surface area contributed by atoms with Crippen LogP contribution in [-0.4, -0.2) is 9.13 Å². The number of rotatable bonds is 5. The summed E-state index contributed by atoms with van der Waals surface area (Å²) >= 11 is 0. The summed E-state index contributed by atoms with van der Waals surface area (Å²) in [6.07, 6.45) is 0. The van der Waals surface area contributed by atoms with Crippen molar-refractivity contribution in [3.05, 3.63) is 176 Å². The molecule has 9 rings (SSSR count). The molecular weight excluding hydrogens is 565 g/mol. The first-order valence-electron chi connectivity index (χ1n) is 15.5. The lowest BCUT2D eigenvalue weighted by Gasteiger charge is -2.27. The van der Waals surface area contributed by atoms with Crippen molar-refractivity contribution >= 4 is 60.7 Å². The van der Waals surface area contributed by atoms with Crippen molar-refractivity contribution in [3.63, 3.8) is 0 Å². The Balaban J connectivity index is 1.36. The van der Waals surface area contributed by atoms with Crippen molar-refractivity contribution in [1.29, 1.82) is 0 Å². The summed E-state index contributed by atoms with van der Waals surface area (Å²) in [6.45, 7) is 0. The zero-order valence-electron chi connectivity index (χ0n) is 24.9. The lowest BCUT2D eigenvalue weighted by molar-refractivity contribution is 0.627. The SMILES string of the molecule is Fc1cccc(-n2c3ccccc3c3cccc(N(c4ccccc4)c4ccc5c(c4)c4ccccc4n5-c4ccccc4)c32)c1. The minimum atomic E-state index is -0.263. The molecule has 0 unspecified atom stereocenters. The second-order valence-electron chi connectivity index (χ2n) is 11.6. The van der Waals surface area contributed by atoms with Crippen LogP contribution in [0.3, 0.4) is 0 Å². The zero-order valence-corrected chi connectivity index (χ0v) is 24.9. The van der Waals surface area contributed by atoms with Gasteiger partial charge in [-0.05, 0) is 78.9 Å². The standard InChI is InChI=1S/C42H28FN3/c43-29-13-11-18-32(27-29)46-39-23-10-7-19-34(39)36-21-12-24-41(42(36)46)44(30-14-3-1-4-15-30)33-25-26-40-37(28-33)35-20-8-9-22-38(35)45(40)31-16-5-2-6-17-31/h1-28H. The fourth-order valence-electron chi connectivity index (χ4n) is 7.02. The predicted molar refractivity (Wildman–Crippen MR) is 190 cm³/mol. The van der Waals surface area contributed by atoms with Gasteiger partial charge in [-0.3, -0.25) is 0 Å². The Kier molecular flexibility index (Phi) is 6.00. The van der Waals surface area contributed by atoms with Crippen molar-refractivity contribution in [2.24, 2.45) is 0 Å². The van der Waals surface area contributed by atoms with Gasteiger partial charge >= 0.3 is 0 Å². The third-order valence-corrected chi connectivity index (χ3v) is 8.92. The van der Waals surface area contributed by atoms with Gasteiger partial charge in [0.1, 0.15) is 5.82 Å². The van der Waals surface area contributed by atoms with Crippen LogP contribution in [0, 0.1) is 5.82 Å². The van der Waals surface area contributed by atoms with Gasteiger partial charge in [-0.15, -0.1) is 0 Å². The Bertz CT molecular complexity index is 2540. The molecule has 2 heterocycles. The Morgan fingerprint density at radius 3 is 1.74 bits per heavy atom. The summed E-state index contributed by atoms with van der Waals surface area (Å²) in [4.78, 5) is 2.32. The van der Waals surface area contributed by atoms with E-state index in [1.54, 1.807) is 12.1 Å². The quantitative estimate of drug-likeness (QED) is 0.193. The molecule has 0 bridgehead atoms. The summed E-state index contributed by atoms with van der Waals surface area (Å²) < 4.78 is 19.3. The highest BCUT2D eigenvalue weighted by Gasteiger charge is 2.22. The van der Waals surface area contributed by atoms with Gasteiger partial charge in [0, 0.05) is 44.3 Å². The minimum Gasteiger partial charge on any atom is -0.309 e. The van der Waals surface area contributed by atoms with Crippen molar-refractivity contribution in [2.75, 3.05) is 4.90 Å². The molecule has 0 saturated heterocycles. The first kappa shape index (κ1) is 26.3. The highest BCUT2D eigenvalue weighted by molar-refractivity contribution is 6.15. The van der Waals surface area contributed by atoms with E-state index >= 15 is 0 Å². The van der Waals surface area contributed by atoms with Gasteiger partial charge in [-0.1, -0.05) is 91.0 Å². The highest BCUT2D eigenvalue weighted by Crippen LogP contribution is 2.44. The van der Waals surface area contributed by atoms with Crippen LogP contribution >= 0.6 is 0 Å². The van der Waals surface area contributed by atoms with E-state index in [9.17, 15) is 4.39 Å². The largest absolute Gasteiger partial charge is 0.309 e. The van der Waals surface area contributed by atoms with Gasteiger partial charge in [-0.2, -0.15) is 0 Å². The van der Waals surface area contributed by atoms with E-state index in [-0.39, 0.29) is 5.82 Å². The van der Waals surface area contributed by atoms with Crippen LogP contribution < -0.4 is 4.90 Å². The molecule has 0 atom stereocenters. The Labute approximate surface area is 265 Å². The predicted octanol–water partition coefficient (Wildman–Crippen LogP) is 11.5. The summed E-state index contributed by atoms with van der Waals surface area (Å²) in [6, 6.07) is 58.0. The van der Waals surface area contributed by atoms with E-state index in [0.29, 0.717) is 0 Å². The van der Waals surface area contributed by atoms with Gasteiger partial charge in [0.25, 0.3) is 0 Å². The Morgan fingerprint density at radius 2 is 0.978 bits per heavy atom. The average Bonchev–Trinajstić information content (AvgIpc) is 3.63. The van der Waals surface area contributed by atoms with Gasteiger partial charge in [0.15, 0.2) is 0 Å². The topological polar surface area (TPSA) is 13.1 Å². The fraction of sp³-hybridized carbons (Fsp3) is 0. The minimum absolute atomic E-state index is 0.263. The number of nitrogens with zero attached hydrogens (tertiary/aromatic N) is 3. The molecule has 0 saturated carbocycles. The molecule has 0 N–H and O–H groups in total. The van der Waals surface area contributed by atoms with Crippen molar-refractivity contribution in [1.82, 2.24) is 9.13 Å². The number of benzene rings is 7. The van der Waals surface area contributed by atoms with E-state index in [0.717, 1.165) is 55.8 Å². The first-order chi connectivity index (χ1) is 22.8. The van der Waals surface area contributed by atoms with Crippen molar-refractivity contribution in [2.45, 2.75) is 0 Å². The van der Waals surface area contributed by atoms with Gasteiger partial charge in [-0.25, -0.2) is 4.39 Å². The molecule has 0 fully saturated rings. The van der Waals surface area contributed by atoms with Gasteiger partial charge in [0.2, 0.25) is 0 Å². The average molecular weight is 594 g/mol. The first-order valence-corrected chi connectivity index (χ1v) is 15.5. The number of hydrogen-bond acceptors (Lipinski definition) is 1. The molecule has 2 aromatic heterocycles. The van der Waals surface area contributed by atoms with Crippen LogP contribution in [-0.2, 0) is 0 Å². The maximum Gasteiger partial charge on any atom is 0.125 e. The smallest absolute Gasteiger partial charge is 0.125 e. The van der Waals surface area contributed by atoms with E-state index in [1.807, 2.05) is 18.2 Å². The molecule has 46 heavy (non-hydrogen) atoms. The molecular formula is C42H28FN3. The van der Waals surface area contributed by atoms with E-state index in [1.165, 1.54) is 22.4 Å². The second kappa shape index (κ2) is 10.5. The molecule has 0 aliphatic heterocycles. The second-order valence-corrected chi connectivity index (χ2v) is 11.6. The molecule has 0 aliphatic carbocycles. The van der Waals surface area contributed by atoms with Crippen LogP contribution in [0.5, 0.6) is 0 Å². The third-order valence-electron chi connectivity index (χ3n) is 8.92. The number of para-hydroxylation sites is 5. The fourth-order valence-corrected chi connectivity index (χ4v) is 7.02. The lowest BCUT2D eigenvalue weighted by Crippen LogP contribution is -2.11.